The Bertz CT molecular complexity index is 400. The summed E-state index contributed by atoms with van der Waals surface area (Å²) >= 11 is 6.11. The molecule has 5 nitrogen and oxygen atoms in total. The van der Waals surface area contributed by atoms with E-state index in [4.69, 9.17) is 21.1 Å². The molecular weight excluding hydrogens is 266 g/mol. The molecule has 108 valence electrons. The van der Waals surface area contributed by atoms with Crippen molar-refractivity contribution in [1.29, 1.82) is 0 Å². The van der Waals surface area contributed by atoms with Crippen LogP contribution in [-0.2, 0) is 9.47 Å². The number of rotatable bonds is 8. The Balaban J connectivity index is 2.52. The van der Waals surface area contributed by atoms with Gasteiger partial charge in [0, 0.05) is 25.1 Å². The smallest absolute Gasteiger partial charge is 0.137 e. The summed E-state index contributed by atoms with van der Waals surface area (Å²) in [5.41, 5.74) is 0.864. The second-order valence-electron chi connectivity index (χ2n) is 4.53. The monoisotopic (exact) mass is 287 g/mol. The van der Waals surface area contributed by atoms with Crippen molar-refractivity contribution < 1.29 is 9.47 Å². The number of aromatic nitrogens is 2. The van der Waals surface area contributed by atoms with Gasteiger partial charge in [-0.2, -0.15) is 0 Å². The van der Waals surface area contributed by atoms with Crippen LogP contribution in [0, 0.1) is 6.92 Å². The minimum Gasteiger partial charge on any atom is -0.382 e. The minimum absolute atomic E-state index is 0.247. The molecule has 19 heavy (non-hydrogen) atoms. The van der Waals surface area contributed by atoms with E-state index in [2.05, 4.69) is 15.3 Å². The highest BCUT2D eigenvalue weighted by atomic mass is 35.5. The summed E-state index contributed by atoms with van der Waals surface area (Å²) in [5, 5.41) is 3.73. The van der Waals surface area contributed by atoms with Gasteiger partial charge in [-0.05, 0) is 6.92 Å². The predicted octanol–water partition coefficient (Wildman–Crippen LogP) is 2.64. The maximum absolute atomic E-state index is 6.11. The maximum Gasteiger partial charge on any atom is 0.137 e. The Kier molecular flexibility index (Phi) is 7.05. The highest BCUT2D eigenvalue weighted by Gasteiger charge is 2.11. The van der Waals surface area contributed by atoms with Crippen LogP contribution in [0.4, 0.5) is 5.82 Å². The Morgan fingerprint density at radius 3 is 2.58 bits per heavy atom. The fraction of sp³-hybridized carbons (Fsp3) is 0.692. The van der Waals surface area contributed by atoms with Gasteiger partial charge in [-0.25, -0.2) is 9.97 Å². The van der Waals surface area contributed by atoms with Crippen LogP contribution >= 0.6 is 11.6 Å². The zero-order valence-corrected chi connectivity index (χ0v) is 12.8. The van der Waals surface area contributed by atoms with Crippen molar-refractivity contribution in [2.45, 2.75) is 26.7 Å². The second kappa shape index (κ2) is 8.30. The van der Waals surface area contributed by atoms with Gasteiger partial charge < -0.3 is 14.8 Å². The third kappa shape index (κ3) is 5.30. The van der Waals surface area contributed by atoms with Gasteiger partial charge >= 0.3 is 0 Å². The zero-order valence-electron chi connectivity index (χ0n) is 12.0. The average molecular weight is 288 g/mol. The molecule has 0 unspecified atom stereocenters. The van der Waals surface area contributed by atoms with Crippen molar-refractivity contribution >= 4 is 17.4 Å². The van der Waals surface area contributed by atoms with E-state index >= 15 is 0 Å². The van der Waals surface area contributed by atoms with Gasteiger partial charge in [-0.3, -0.25) is 0 Å². The Labute approximate surface area is 119 Å². The molecule has 0 aliphatic rings. The first kappa shape index (κ1) is 16.1. The average Bonchev–Trinajstić information content (AvgIpc) is 2.37. The topological polar surface area (TPSA) is 56.3 Å². The van der Waals surface area contributed by atoms with Crippen LogP contribution in [-0.4, -0.2) is 43.4 Å². The van der Waals surface area contributed by atoms with Gasteiger partial charge in [0.15, 0.2) is 0 Å². The fourth-order valence-electron chi connectivity index (χ4n) is 1.42. The van der Waals surface area contributed by atoms with Crippen LogP contribution < -0.4 is 5.32 Å². The normalized spacial score (nSPS) is 11.1. The van der Waals surface area contributed by atoms with E-state index in [1.165, 1.54) is 0 Å². The Morgan fingerprint density at radius 2 is 1.95 bits per heavy atom. The molecule has 0 saturated heterocycles. The van der Waals surface area contributed by atoms with E-state index in [0.717, 1.165) is 17.2 Å². The van der Waals surface area contributed by atoms with Crippen molar-refractivity contribution in [3.63, 3.8) is 0 Å². The van der Waals surface area contributed by atoms with Crippen molar-refractivity contribution in [1.82, 2.24) is 9.97 Å². The molecule has 1 rings (SSSR count). The summed E-state index contributed by atoms with van der Waals surface area (Å²) < 4.78 is 10.3. The minimum atomic E-state index is 0.247. The molecule has 0 amide bonds. The first-order chi connectivity index (χ1) is 9.06. The van der Waals surface area contributed by atoms with Crippen LogP contribution in [0.3, 0.4) is 0 Å². The largest absolute Gasteiger partial charge is 0.382 e. The molecule has 0 saturated carbocycles. The first-order valence-electron chi connectivity index (χ1n) is 6.40. The summed E-state index contributed by atoms with van der Waals surface area (Å²) in [6, 6.07) is 0. The van der Waals surface area contributed by atoms with E-state index in [1.807, 2.05) is 20.8 Å². The number of ether oxygens (including phenoxy) is 2. The molecule has 0 aliphatic carbocycles. The molecule has 1 aromatic heterocycles. The molecule has 0 radical (unpaired) electrons. The van der Waals surface area contributed by atoms with Crippen LogP contribution in [0.2, 0.25) is 5.15 Å². The number of methoxy groups -OCH3 is 1. The summed E-state index contributed by atoms with van der Waals surface area (Å²) in [6.07, 6.45) is 0. The molecule has 1 heterocycles. The number of anilines is 1. The first-order valence-corrected chi connectivity index (χ1v) is 6.78. The van der Waals surface area contributed by atoms with Gasteiger partial charge in [-0.15, -0.1) is 0 Å². The van der Waals surface area contributed by atoms with E-state index < -0.39 is 0 Å². The fourth-order valence-corrected chi connectivity index (χ4v) is 1.60. The second-order valence-corrected chi connectivity index (χ2v) is 4.89. The number of hydrogen-bond donors (Lipinski definition) is 1. The molecule has 0 aliphatic heterocycles. The number of nitrogens with zero attached hydrogens (tertiary/aromatic N) is 2. The Morgan fingerprint density at radius 1 is 1.21 bits per heavy atom. The molecule has 0 atom stereocenters. The van der Waals surface area contributed by atoms with Gasteiger partial charge in [0.25, 0.3) is 0 Å². The lowest BCUT2D eigenvalue weighted by molar-refractivity contribution is 0.0759. The lowest BCUT2D eigenvalue weighted by Crippen LogP contribution is -2.14. The van der Waals surface area contributed by atoms with Crippen LogP contribution in [0.25, 0.3) is 0 Å². The Hall–Kier alpha value is -0.910. The molecule has 1 aromatic rings. The molecule has 6 heteroatoms. The molecule has 0 spiro atoms. The van der Waals surface area contributed by atoms with Gasteiger partial charge in [0.05, 0.1) is 19.8 Å². The zero-order chi connectivity index (χ0) is 14.3. The van der Waals surface area contributed by atoms with E-state index in [-0.39, 0.29) is 5.92 Å². The van der Waals surface area contributed by atoms with Crippen LogP contribution in [0.1, 0.15) is 31.2 Å². The molecular formula is C13H22ClN3O2. The van der Waals surface area contributed by atoms with Crippen LogP contribution in [0.15, 0.2) is 0 Å². The molecule has 0 fully saturated rings. The third-order valence-corrected chi connectivity index (χ3v) is 2.96. The summed E-state index contributed by atoms with van der Waals surface area (Å²) in [4.78, 5) is 8.75. The predicted molar refractivity (Wildman–Crippen MR) is 77.1 cm³/mol. The van der Waals surface area contributed by atoms with Crippen LogP contribution in [0.5, 0.6) is 0 Å². The van der Waals surface area contributed by atoms with Gasteiger partial charge in [-0.1, -0.05) is 25.4 Å². The standard InChI is InChI=1S/C13H22ClN3O2/c1-9(2)12-16-11(14)10(3)13(17-12)15-5-6-19-8-7-18-4/h9H,5-8H2,1-4H3,(H,15,16,17). The number of nitrogens with one attached hydrogen (secondary N) is 1. The van der Waals surface area contributed by atoms with E-state index in [9.17, 15) is 0 Å². The highest BCUT2D eigenvalue weighted by Crippen LogP contribution is 2.22. The summed E-state index contributed by atoms with van der Waals surface area (Å²) in [6.45, 7) is 8.46. The van der Waals surface area contributed by atoms with Crippen molar-refractivity contribution in [2.24, 2.45) is 0 Å². The van der Waals surface area contributed by atoms with E-state index in [0.29, 0.717) is 31.5 Å². The lowest BCUT2D eigenvalue weighted by Gasteiger charge is -2.13. The maximum atomic E-state index is 6.11. The molecule has 0 aromatic carbocycles. The third-order valence-electron chi connectivity index (χ3n) is 2.59. The number of halogens is 1. The summed E-state index contributed by atoms with van der Waals surface area (Å²) in [7, 11) is 1.65. The van der Waals surface area contributed by atoms with Crippen molar-refractivity contribution in [3.05, 3.63) is 16.5 Å². The van der Waals surface area contributed by atoms with Gasteiger partial charge in [0.1, 0.15) is 16.8 Å². The van der Waals surface area contributed by atoms with Crippen molar-refractivity contribution in [2.75, 3.05) is 38.8 Å². The number of hydrogen-bond acceptors (Lipinski definition) is 5. The molecule has 0 bridgehead atoms. The van der Waals surface area contributed by atoms with Crippen molar-refractivity contribution in [3.8, 4) is 0 Å². The molecule has 1 N–H and O–H groups in total. The highest BCUT2D eigenvalue weighted by molar-refractivity contribution is 6.30. The SMILES string of the molecule is COCCOCCNc1nc(C(C)C)nc(Cl)c1C. The van der Waals surface area contributed by atoms with E-state index in [1.54, 1.807) is 7.11 Å². The summed E-state index contributed by atoms with van der Waals surface area (Å²) in [5.74, 6) is 1.77. The van der Waals surface area contributed by atoms with Gasteiger partial charge in [0.2, 0.25) is 0 Å². The quantitative estimate of drug-likeness (QED) is 0.588. The lowest BCUT2D eigenvalue weighted by atomic mass is 10.2.